The number of hydrogen-bond acceptors (Lipinski definition) is 3. The van der Waals surface area contributed by atoms with E-state index in [4.69, 9.17) is 0 Å². The highest BCUT2D eigenvalue weighted by atomic mass is 32.2. The van der Waals surface area contributed by atoms with Crippen molar-refractivity contribution in [3.05, 3.63) is 35.4 Å². The Hall–Kier alpha value is -1.40. The van der Waals surface area contributed by atoms with Gasteiger partial charge in [0.25, 0.3) is 0 Å². The summed E-state index contributed by atoms with van der Waals surface area (Å²) in [6.07, 6.45) is 4.93. The zero-order valence-electron chi connectivity index (χ0n) is 13.2. The molecular formula is C16H24N2O3S. The Morgan fingerprint density at radius 2 is 1.82 bits per heavy atom. The molecule has 1 aliphatic rings. The molecule has 0 atom stereocenters. The predicted octanol–water partition coefficient (Wildman–Crippen LogP) is 1.82. The molecule has 1 saturated carbocycles. The van der Waals surface area contributed by atoms with Gasteiger partial charge in [-0.1, -0.05) is 42.7 Å². The van der Waals surface area contributed by atoms with E-state index in [-0.39, 0.29) is 18.5 Å². The smallest absolute Gasteiger partial charge is 0.235 e. The van der Waals surface area contributed by atoms with Crippen LogP contribution >= 0.6 is 0 Å². The zero-order chi connectivity index (χ0) is 16.2. The van der Waals surface area contributed by atoms with Crippen LogP contribution in [0.5, 0.6) is 0 Å². The fraction of sp³-hybridized carbons (Fsp3) is 0.562. The fourth-order valence-corrected chi connectivity index (χ4v) is 3.92. The Bertz CT molecular complexity index is 605. The lowest BCUT2D eigenvalue weighted by atomic mass is 10.1. The number of carbonyl (C=O) groups is 1. The van der Waals surface area contributed by atoms with Crippen molar-refractivity contribution in [3.8, 4) is 0 Å². The number of hydrogen-bond donors (Lipinski definition) is 1. The maximum atomic E-state index is 12.1. The maximum Gasteiger partial charge on any atom is 0.235 e. The van der Waals surface area contributed by atoms with Crippen molar-refractivity contribution >= 4 is 15.9 Å². The summed E-state index contributed by atoms with van der Waals surface area (Å²) in [5.74, 6) is -0.252. The van der Waals surface area contributed by atoms with Gasteiger partial charge in [-0.25, -0.2) is 8.42 Å². The predicted molar refractivity (Wildman–Crippen MR) is 86.8 cm³/mol. The molecule has 6 heteroatoms. The third kappa shape index (κ3) is 4.81. The van der Waals surface area contributed by atoms with Crippen LogP contribution in [0, 0.1) is 6.92 Å². The summed E-state index contributed by atoms with van der Waals surface area (Å²) >= 11 is 0. The molecule has 0 unspecified atom stereocenters. The molecule has 1 fully saturated rings. The average molecular weight is 324 g/mol. The Kier molecular flexibility index (Phi) is 5.58. The summed E-state index contributed by atoms with van der Waals surface area (Å²) in [5, 5.41) is 2.80. The van der Waals surface area contributed by atoms with E-state index < -0.39 is 10.0 Å². The molecule has 1 amide bonds. The van der Waals surface area contributed by atoms with E-state index in [0.717, 1.165) is 31.2 Å². The van der Waals surface area contributed by atoms with Crippen LogP contribution in [0.3, 0.4) is 0 Å². The molecule has 0 bridgehead atoms. The number of rotatable bonds is 6. The van der Waals surface area contributed by atoms with Crippen molar-refractivity contribution < 1.29 is 13.2 Å². The quantitative estimate of drug-likeness (QED) is 0.868. The van der Waals surface area contributed by atoms with Crippen LogP contribution in [-0.2, 0) is 21.4 Å². The molecule has 122 valence electrons. The molecule has 1 aliphatic carbocycles. The van der Waals surface area contributed by atoms with Gasteiger partial charge in [-0.15, -0.1) is 0 Å². The molecule has 0 radical (unpaired) electrons. The van der Waals surface area contributed by atoms with Crippen molar-refractivity contribution in [3.63, 3.8) is 0 Å². The standard InChI is InChI=1S/C16H24N2O3S/c1-13-7-9-14(10-8-13)11-17-16(19)12-18(22(2,20)21)15-5-3-4-6-15/h7-10,15H,3-6,11-12H2,1-2H3,(H,17,19). The van der Waals surface area contributed by atoms with Gasteiger partial charge < -0.3 is 5.32 Å². The summed E-state index contributed by atoms with van der Waals surface area (Å²) in [6.45, 7) is 2.34. The van der Waals surface area contributed by atoms with Crippen molar-refractivity contribution in [1.29, 1.82) is 0 Å². The van der Waals surface area contributed by atoms with Gasteiger partial charge in [-0.2, -0.15) is 4.31 Å². The van der Waals surface area contributed by atoms with Crippen LogP contribution in [0.2, 0.25) is 0 Å². The highest BCUT2D eigenvalue weighted by Gasteiger charge is 2.30. The van der Waals surface area contributed by atoms with Crippen molar-refractivity contribution in [2.75, 3.05) is 12.8 Å². The molecule has 0 aromatic heterocycles. The van der Waals surface area contributed by atoms with Crippen LogP contribution in [0.4, 0.5) is 0 Å². The SMILES string of the molecule is Cc1ccc(CNC(=O)CN(C2CCCC2)S(C)(=O)=O)cc1. The van der Waals surface area contributed by atoms with Crippen LogP contribution in [0.1, 0.15) is 36.8 Å². The number of sulfonamides is 1. The van der Waals surface area contributed by atoms with E-state index in [9.17, 15) is 13.2 Å². The van der Waals surface area contributed by atoms with Gasteiger partial charge in [-0.3, -0.25) is 4.79 Å². The topological polar surface area (TPSA) is 66.5 Å². The average Bonchev–Trinajstić information content (AvgIpc) is 2.96. The number of carbonyl (C=O) groups excluding carboxylic acids is 1. The van der Waals surface area contributed by atoms with Gasteiger partial charge >= 0.3 is 0 Å². The zero-order valence-corrected chi connectivity index (χ0v) is 14.0. The van der Waals surface area contributed by atoms with Gasteiger partial charge in [0.15, 0.2) is 0 Å². The molecule has 0 saturated heterocycles. The second-order valence-electron chi connectivity index (χ2n) is 6.01. The number of benzene rings is 1. The third-order valence-electron chi connectivity index (χ3n) is 4.07. The third-order valence-corrected chi connectivity index (χ3v) is 5.35. The van der Waals surface area contributed by atoms with E-state index >= 15 is 0 Å². The van der Waals surface area contributed by atoms with Crippen LogP contribution < -0.4 is 5.32 Å². The van der Waals surface area contributed by atoms with Gasteiger partial charge in [0.2, 0.25) is 15.9 Å². The number of amides is 1. The molecular weight excluding hydrogens is 300 g/mol. The molecule has 5 nitrogen and oxygen atoms in total. The van der Waals surface area contributed by atoms with Gasteiger partial charge in [-0.05, 0) is 25.3 Å². The molecule has 1 aromatic carbocycles. The molecule has 1 N–H and O–H groups in total. The van der Waals surface area contributed by atoms with Gasteiger partial charge in [0.05, 0.1) is 12.8 Å². The first-order chi connectivity index (χ1) is 10.4. The second-order valence-corrected chi connectivity index (χ2v) is 7.94. The Balaban J connectivity index is 1.92. The molecule has 0 spiro atoms. The largest absolute Gasteiger partial charge is 0.351 e. The molecule has 0 aliphatic heterocycles. The maximum absolute atomic E-state index is 12.1. The lowest BCUT2D eigenvalue weighted by Crippen LogP contribution is -2.44. The van der Waals surface area contributed by atoms with E-state index in [1.54, 1.807) is 0 Å². The minimum Gasteiger partial charge on any atom is -0.351 e. The van der Waals surface area contributed by atoms with Crippen molar-refractivity contribution in [2.45, 2.75) is 45.2 Å². The molecule has 1 aromatic rings. The van der Waals surface area contributed by atoms with Gasteiger partial charge in [0, 0.05) is 12.6 Å². The van der Waals surface area contributed by atoms with E-state index in [0.29, 0.717) is 6.54 Å². The number of aryl methyl sites for hydroxylation is 1. The first kappa shape index (κ1) is 17.0. The highest BCUT2D eigenvalue weighted by molar-refractivity contribution is 7.88. The Morgan fingerprint density at radius 1 is 1.23 bits per heavy atom. The first-order valence-electron chi connectivity index (χ1n) is 7.65. The number of nitrogens with one attached hydrogen (secondary N) is 1. The molecule has 2 rings (SSSR count). The molecule has 0 heterocycles. The highest BCUT2D eigenvalue weighted by Crippen LogP contribution is 2.25. The Morgan fingerprint density at radius 3 is 2.36 bits per heavy atom. The monoisotopic (exact) mass is 324 g/mol. The summed E-state index contributed by atoms with van der Waals surface area (Å²) in [5.41, 5.74) is 2.17. The lowest BCUT2D eigenvalue weighted by molar-refractivity contribution is -0.121. The van der Waals surface area contributed by atoms with Crippen LogP contribution in [0.15, 0.2) is 24.3 Å². The lowest BCUT2D eigenvalue weighted by Gasteiger charge is -2.25. The summed E-state index contributed by atoms with van der Waals surface area (Å²) in [7, 11) is -3.36. The van der Waals surface area contributed by atoms with Gasteiger partial charge in [0.1, 0.15) is 0 Å². The minimum atomic E-state index is -3.36. The first-order valence-corrected chi connectivity index (χ1v) is 9.50. The summed E-state index contributed by atoms with van der Waals surface area (Å²) < 4.78 is 25.2. The number of nitrogens with zero attached hydrogens (tertiary/aromatic N) is 1. The Labute approximate surface area is 132 Å². The van der Waals surface area contributed by atoms with Crippen LogP contribution in [0.25, 0.3) is 0 Å². The molecule has 22 heavy (non-hydrogen) atoms. The second kappa shape index (κ2) is 7.24. The normalized spacial score (nSPS) is 16.1. The van der Waals surface area contributed by atoms with E-state index in [2.05, 4.69) is 5.32 Å². The minimum absolute atomic E-state index is 0.0277. The van der Waals surface area contributed by atoms with E-state index in [1.165, 1.54) is 16.1 Å². The van der Waals surface area contributed by atoms with E-state index in [1.807, 2.05) is 31.2 Å². The van der Waals surface area contributed by atoms with Crippen LogP contribution in [-0.4, -0.2) is 37.5 Å². The summed E-state index contributed by atoms with van der Waals surface area (Å²) in [4.78, 5) is 12.1. The fourth-order valence-electron chi connectivity index (χ4n) is 2.81. The van der Waals surface area contributed by atoms with Crippen molar-refractivity contribution in [2.24, 2.45) is 0 Å². The van der Waals surface area contributed by atoms with Crippen molar-refractivity contribution in [1.82, 2.24) is 9.62 Å². The summed E-state index contributed by atoms with van der Waals surface area (Å²) in [6, 6.07) is 7.87.